The lowest BCUT2D eigenvalue weighted by atomic mass is 10.0. The summed E-state index contributed by atoms with van der Waals surface area (Å²) in [5.74, 6) is 0.568. The molecule has 4 nitrogen and oxygen atoms in total. The molecule has 2 heterocycles. The Hall–Kier alpha value is -3.42. The van der Waals surface area contributed by atoms with Crippen molar-refractivity contribution in [2.24, 2.45) is 0 Å². The van der Waals surface area contributed by atoms with Crippen LogP contribution in [0, 0.1) is 5.82 Å². The van der Waals surface area contributed by atoms with Gasteiger partial charge in [-0.2, -0.15) is 0 Å². The number of rotatable bonds is 5. The molecule has 164 valence electrons. The maximum absolute atomic E-state index is 13.2. The number of thiazole rings is 1. The van der Waals surface area contributed by atoms with Crippen molar-refractivity contribution >= 4 is 45.9 Å². The first-order chi connectivity index (χ1) is 16.2. The van der Waals surface area contributed by atoms with Gasteiger partial charge in [0.2, 0.25) is 0 Å². The number of anilines is 2. The number of halogens is 1. The van der Waals surface area contributed by atoms with Gasteiger partial charge in [0.05, 0.1) is 10.7 Å². The number of hydrogen-bond donors (Lipinski definition) is 1. The molecule has 0 aliphatic carbocycles. The summed E-state index contributed by atoms with van der Waals surface area (Å²) in [6.07, 6.45) is 1.94. The van der Waals surface area contributed by atoms with Gasteiger partial charge in [-0.15, -0.1) is 23.1 Å². The standard InChI is InChI=1S/C26H20FN3OS2/c27-21-10-12-22(13-11-21)28-26-29-23(17-33-26)16-24-30(14-15-32-24)25(31)20-8-6-19(7-9-20)18-4-2-1-3-5-18/h1-13,16-17H,14-15H2,(H,28,29)/b24-16+. The predicted octanol–water partition coefficient (Wildman–Crippen LogP) is 6.88. The van der Waals surface area contributed by atoms with Crippen molar-refractivity contribution in [1.82, 2.24) is 9.88 Å². The lowest BCUT2D eigenvalue weighted by molar-refractivity contribution is 0.0831. The predicted molar refractivity (Wildman–Crippen MR) is 135 cm³/mol. The second kappa shape index (κ2) is 9.60. The van der Waals surface area contributed by atoms with E-state index in [2.05, 4.69) is 22.4 Å². The van der Waals surface area contributed by atoms with Crippen molar-refractivity contribution in [2.45, 2.75) is 0 Å². The van der Waals surface area contributed by atoms with Gasteiger partial charge < -0.3 is 10.2 Å². The molecule has 1 amide bonds. The summed E-state index contributed by atoms with van der Waals surface area (Å²) in [6.45, 7) is 0.667. The number of carbonyl (C=O) groups excluding carboxylic acids is 1. The molecule has 4 aromatic rings. The van der Waals surface area contributed by atoms with Crippen molar-refractivity contribution in [1.29, 1.82) is 0 Å². The number of carbonyl (C=O) groups is 1. The van der Waals surface area contributed by atoms with E-state index in [9.17, 15) is 9.18 Å². The first-order valence-electron chi connectivity index (χ1n) is 10.5. The summed E-state index contributed by atoms with van der Waals surface area (Å²) in [6, 6.07) is 24.0. The Bertz CT molecular complexity index is 1290. The van der Waals surface area contributed by atoms with Gasteiger partial charge in [-0.1, -0.05) is 42.5 Å². The minimum absolute atomic E-state index is 0.00856. The van der Waals surface area contributed by atoms with E-state index in [0.717, 1.165) is 33.3 Å². The van der Waals surface area contributed by atoms with Gasteiger partial charge >= 0.3 is 0 Å². The molecule has 0 saturated carbocycles. The van der Waals surface area contributed by atoms with Gasteiger partial charge in [0.15, 0.2) is 5.13 Å². The van der Waals surface area contributed by atoms with Crippen LogP contribution in [-0.2, 0) is 0 Å². The lowest BCUT2D eigenvalue weighted by Crippen LogP contribution is -2.26. The third-order valence-corrected chi connectivity index (χ3v) is 7.00. The zero-order chi connectivity index (χ0) is 22.6. The number of thioether (sulfide) groups is 1. The number of hydrogen-bond acceptors (Lipinski definition) is 5. The number of aromatic nitrogens is 1. The van der Waals surface area contributed by atoms with Crippen molar-refractivity contribution < 1.29 is 9.18 Å². The SMILES string of the molecule is O=C(c1ccc(-c2ccccc2)cc1)N1CCS/C1=C/c1csc(Nc2ccc(F)cc2)n1. The van der Waals surface area contributed by atoms with E-state index >= 15 is 0 Å². The van der Waals surface area contributed by atoms with E-state index < -0.39 is 0 Å². The van der Waals surface area contributed by atoms with Crippen LogP contribution in [0.15, 0.2) is 89.3 Å². The van der Waals surface area contributed by atoms with Gasteiger partial charge in [-0.25, -0.2) is 9.37 Å². The molecule has 1 aliphatic heterocycles. The molecule has 0 radical (unpaired) electrons. The molecule has 1 fully saturated rings. The lowest BCUT2D eigenvalue weighted by Gasteiger charge is -2.17. The minimum Gasteiger partial charge on any atom is -0.332 e. The number of nitrogens with one attached hydrogen (secondary N) is 1. The summed E-state index contributed by atoms with van der Waals surface area (Å²) >= 11 is 3.12. The summed E-state index contributed by atoms with van der Waals surface area (Å²) < 4.78 is 13.1. The van der Waals surface area contributed by atoms with Gasteiger partial charge in [-0.3, -0.25) is 4.79 Å². The average Bonchev–Trinajstić information content (AvgIpc) is 3.50. The maximum atomic E-state index is 13.2. The number of benzene rings is 3. The van der Waals surface area contributed by atoms with Crippen LogP contribution in [-0.4, -0.2) is 28.1 Å². The van der Waals surface area contributed by atoms with Crippen LogP contribution in [0.2, 0.25) is 0 Å². The molecule has 5 rings (SSSR count). The van der Waals surface area contributed by atoms with E-state index in [0.29, 0.717) is 17.2 Å². The highest BCUT2D eigenvalue weighted by Gasteiger charge is 2.25. The molecule has 0 spiro atoms. The fourth-order valence-corrected chi connectivity index (χ4v) is 5.24. The Balaban J connectivity index is 1.30. The smallest absolute Gasteiger partial charge is 0.258 e. The second-order valence-electron chi connectivity index (χ2n) is 7.44. The van der Waals surface area contributed by atoms with Crippen molar-refractivity contribution in [2.75, 3.05) is 17.6 Å². The minimum atomic E-state index is -0.275. The van der Waals surface area contributed by atoms with E-state index in [4.69, 9.17) is 0 Å². The summed E-state index contributed by atoms with van der Waals surface area (Å²) in [5, 5.41) is 6.73. The Kier molecular flexibility index (Phi) is 6.24. The largest absolute Gasteiger partial charge is 0.332 e. The van der Waals surface area contributed by atoms with Crippen LogP contribution < -0.4 is 5.32 Å². The second-order valence-corrected chi connectivity index (χ2v) is 9.41. The van der Waals surface area contributed by atoms with Crippen molar-refractivity contribution in [3.8, 4) is 11.1 Å². The van der Waals surface area contributed by atoms with Crippen LogP contribution in [0.1, 0.15) is 16.1 Å². The molecule has 3 aromatic carbocycles. The zero-order valence-electron chi connectivity index (χ0n) is 17.6. The van der Waals surface area contributed by atoms with Gasteiger partial charge in [0.25, 0.3) is 5.91 Å². The fraction of sp³-hybridized carbons (Fsp3) is 0.0769. The van der Waals surface area contributed by atoms with Gasteiger partial charge in [-0.05, 0) is 53.6 Å². The fourth-order valence-electron chi connectivity index (χ4n) is 3.54. The van der Waals surface area contributed by atoms with Gasteiger partial charge in [0, 0.05) is 28.9 Å². The quantitative estimate of drug-likeness (QED) is 0.343. The summed E-state index contributed by atoms with van der Waals surface area (Å²) in [5.41, 5.74) is 4.44. The van der Waals surface area contributed by atoms with Gasteiger partial charge in [0.1, 0.15) is 5.82 Å². The normalized spacial score (nSPS) is 14.6. The van der Waals surface area contributed by atoms with Crippen LogP contribution in [0.4, 0.5) is 15.2 Å². The number of nitrogens with zero attached hydrogens (tertiary/aromatic N) is 2. The molecule has 0 atom stereocenters. The van der Waals surface area contributed by atoms with E-state index in [1.54, 1.807) is 23.9 Å². The van der Waals surface area contributed by atoms with E-state index in [-0.39, 0.29) is 11.7 Å². The summed E-state index contributed by atoms with van der Waals surface area (Å²) in [4.78, 5) is 19.6. The van der Waals surface area contributed by atoms with Crippen LogP contribution in [0.25, 0.3) is 17.2 Å². The molecular weight excluding hydrogens is 453 g/mol. The zero-order valence-corrected chi connectivity index (χ0v) is 19.2. The molecule has 1 aromatic heterocycles. The Morgan fingerprint density at radius 1 is 0.970 bits per heavy atom. The molecule has 7 heteroatoms. The molecular formula is C26H20FN3OS2. The Labute approximate surface area is 199 Å². The molecule has 1 N–H and O–H groups in total. The third-order valence-electron chi connectivity index (χ3n) is 5.20. The van der Waals surface area contributed by atoms with E-state index in [1.807, 2.05) is 58.8 Å². The molecule has 0 bridgehead atoms. The Morgan fingerprint density at radius 2 is 1.70 bits per heavy atom. The molecule has 1 saturated heterocycles. The summed E-state index contributed by atoms with van der Waals surface area (Å²) in [7, 11) is 0. The van der Waals surface area contributed by atoms with Crippen molar-refractivity contribution in [3.63, 3.8) is 0 Å². The third kappa shape index (κ3) is 4.99. The van der Waals surface area contributed by atoms with E-state index in [1.165, 1.54) is 23.5 Å². The van der Waals surface area contributed by atoms with Crippen molar-refractivity contribution in [3.05, 3.63) is 106 Å². The average molecular weight is 474 g/mol. The first-order valence-corrected chi connectivity index (χ1v) is 12.3. The van der Waals surface area contributed by atoms with Crippen LogP contribution in [0.5, 0.6) is 0 Å². The monoisotopic (exact) mass is 473 g/mol. The highest BCUT2D eigenvalue weighted by atomic mass is 32.2. The first kappa shape index (κ1) is 21.4. The molecule has 33 heavy (non-hydrogen) atoms. The highest BCUT2D eigenvalue weighted by molar-refractivity contribution is 8.03. The maximum Gasteiger partial charge on any atom is 0.258 e. The Morgan fingerprint density at radius 3 is 2.45 bits per heavy atom. The number of amides is 1. The molecule has 0 unspecified atom stereocenters. The van der Waals surface area contributed by atoms with Crippen LogP contribution >= 0.6 is 23.1 Å². The van der Waals surface area contributed by atoms with Crippen LogP contribution in [0.3, 0.4) is 0 Å². The topological polar surface area (TPSA) is 45.2 Å². The highest BCUT2D eigenvalue weighted by Crippen LogP contribution is 2.32. The molecule has 1 aliphatic rings.